The highest BCUT2D eigenvalue weighted by Crippen LogP contribution is 2.25. The Kier molecular flexibility index (Phi) is 3.61. The summed E-state index contributed by atoms with van der Waals surface area (Å²) in [6.07, 6.45) is 5.43. The molecule has 0 fully saturated rings. The molecule has 0 aliphatic carbocycles. The number of aryl methyl sites for hydroxylation is 2. The smallest absolute Gasteiger partial charge is 0.126 e. The molecule has 0 saturated heterocycles. The van der Waals surface area contributed by atoms with Crippen LogP contribution in [0.2, 0.25) is 0 Å². The molecule has 0 aliphatic heterocycles. The first-order valence-electron chi connectivity index (χ1n) is 7.59. The van der Waals surface area contributed by atoms with E-state index >= 15 is 0 Å². The Balaban J connectivity index is 1.76. The first kappa shape index (κ1) is 15.0. The number of nitrogens with zero attached hydrogens (tertiary/aromatic N) is 4. The van der Waals surface area contributed by atoms with Gasteiger partial charge in [0.25, 0.3) is 0 Å². The van der Waals surface area contributed by atoms with Crippen LogP contribution in [-0.2, 0) is 6.54 Å². The van der Waals surface area contributed by atoms with Crippen molar-refractivity contribution in [1.82, 2.24) is 19.7 Å². The minimum Gasteiger partial charge on any atom is -0.256 e. The predicted octanol–water partition coefficient (Wildman–Crippen LogP) is 4.36. The average Bonchev–Trinajstić information content (AvgIpc) is 3.16. The third-order valence-electron chi connectivity index (χ3n) is 3.94. The molecule has 0 bridgehead atoms. The molecule has 3 aromatic heterocycles. The Morgan fingerprint density at radius 2 is 1.92 bits per heavy atom. The third kappa shape index (κ3) is 2.69. The Morgan fingerprint density at radius 1 is 1.04 bits per heavy atom. The van der Waals surface area contributed by atoms with Crippen LogP contribution in [0.3, 0.4) is 0 Å². The van der Waals surface area contributed by atoms with Crippen molar-refractivity contribution in [1.29, 1.82) is 0 Å². The second kappa shape index (κ2) is 5.79. The number of benzene rings is 1. The zero-order valence-electron chi connectivity index (χ0n) is 13.3. The van der Waals surface area contributed by atoms with Crippen molar-refractivity contribution in [3.63, 3.8) is 0 Å². The summed E-state index contributed by atoms with van der Waals surface area (Å²) in [6.45, 7) is 4.42. The number of aromatic nitrogens is 4. The summed E-state index contributed by atoms with van der Waals surface area (Å²) < 4.78 is 15.4. The van der Waals surface area contributed by atoms with E-state index in [1.807, 2.05) is 29.9 Å². The van der Waals surface area contributed by atoms with E-state index in [0.29, 0.717) is 12.1 Å². The fourth-order valence-corrected chi connectivity index (χ4v) is 3.44. The Hall–Kier alpha value is -2.60. The monoisotopic (exact) mass is 338 g/mol. The summed E-state index contributed by atoms with van der Waals surface area (Å²) in [6, 6.07) is 7.14. The Morgan fingerprint density at radius 3 is 2.67 bits per heavy atom. The molecule has 6 heteroatoms. The van der Waals surface area contributed by atoms with Gasteiger partial charge in [0.2, 0.25) is 0 Å². The molecule has 0 aliphatic rings. The molecular weight excluding hydrogens is 323 g/mol. The van der Waals surface area contributed by atoms with Gasteiger partial charge >= 0.3 is 0 Å². The van der Waals surface area contributed by atoms with Crippen LogP contribution in [0, 0.1) is 19.7 Å². The van der Waals surface area contributed by atoms with Crippen molar-refractivity contribution < 1.29 is 4.39 Å². The van der Waals surface area contributed by atoms with Gasteiger partial charge in [-0.25, -0.2) is 9.37 Å². The summed E-state index contributed by atoms with van der Waals surface area (Å²) in [5.74, 6) is -0.197. The lowest BCUT2D eigenvalue weighted by Crippen LogP contribution is -2.01. The maximum Gasteiger partial charge on any atom is 0.126 e. The molecule has 0 saturated carbocycles. The average molecular weight is 338 g/mol. The van der Waals surface area contributed by atoms with Crippen molar-refractivity contribution >= 4 is 22.4 Å². The van der Waals surface area contributed by atoms with E-state index in [1.165, 1.54) is 10.9 Å². The van der Waals surface area contributed by atoms with Gasteiger partial charge in [-0.3, -0.25) is 9.67 Å². The summed E-state index contributed by atoms with van der Waals surface area (Å²) in [5, 5.41) is 5.44. The topological polar surface area (TPSA) is 43.6 Å². The van der Waals surface area contributed by atoms with E-state index in [-0.39, 0.29) is 5.82 Å². The number of halogens is 1. The van der Waals surface area contributed by atoms with Crippen molar-refractivity contribution in [2.24, 2.45) is 0 Å². The SMILES string of the molecule is Cc1cnc(Cn2ncc3ncc(-c4ccc(F)c(C)c4)cc32)s1. The van der Waals surface area contributed by atoms with Crippen LogP contribution in [0.4, 0.5) is 4.39 Å². The number of hydrogen-bond donors (Lipinski definition) is 0. The van der Waals surface area contributed by atoms with Gasteiger partial charge in [0.05, 0.1) is 18.3 Å². The van der Waals surface area contributed by atoms with Crippen LogP contribution in [0.25, 0.3) is 22.2 Å². The molecule has 0 amide bonds. The highest BCUT2D eigenvalue weighted by molar-refractivity contribution is 7.11. The third-order valence-corrected chi connectivity index (χ3v) is 4.84. The Bertz CT molecular complexity index is 1030. The zero-order valence-corrected chi connectivity index (χ0v) is 14.1. The predicted molar refractivity (Wildman–Crippen MR) is 93.6 cm³/mol. The second-order valence-corrected chi connectivity index (χ2v) is 7.08. The first-order valence-corrected chi connectivity index (χ1v) is 8.41. The van der Waals surface area contributed by atoms with Gasteiger partial charge in [-0.15, -0.1) is 11.3 Å². The van der Waals surface area contributed by atoms with E-state index in [0.717, 1.165) is 27.2 Å². The number of thiazole rings is 1. The van der Waals surface area contributed by atoms with Gasteiger partial charge in [0.15, 0.2) is 0 Å². The lowest BCUT2D eigenvalue weighted by molar-refractivity contribution is 0.619. The molecule has 24 heavy (non-hydrogen) atoms. The summed E-state index contributed by atoms with van der Waals surface area (Å²) in [5.41, 5.74) is 4.30. The second-order valence-electron chi connectivity index (χ2n) is 5.76. The van der Waals surface area contributed by atoms with Gasteiger partial charge in [0.1, 0.15) is 16.3 Å². The molecule has 4 rings (SSSR count). The van der Waals surface area contributed by atoms with E-state index < -0.39 is 0 Å². The standard InChI is InChI=1S/C18H15FN4S/c1-11-5-13(3-4-15(11)19)14-6-17-16(20-8-14)9-22-23(17)10-18-21-7-12(2)24-18/h3-9H,10H2,1-2H3. The van der Waals surface area contributed by atoms with Gasteiger partial charge in [-0.1, -0.05) is 6.07 Å². The minimum atomic E-state index is -0.197. The van der Waals surface area contributed by atoms with Gasteiger partial charge in [0, 0.05) is 22.8 Å². The molecule has 0 radical (unpaired) electrons. The molecule has 3 heterocycles. The number of pyridine rings is 1. The Labute approximate surface area is 142 Å². The number of rotatable bonds is 3. The van der Waals surface area contributed by atoms with Crippen LogP contribution in [0.5, 0.6) is 0 Å². The summed E-state index contributed by atoms with van der Waals surface area (Å²) >= 11 is 1.66. The summed E-state index contributed by atoms with van der Waals surface area (Å²) in [7, 11) is 0. The fourth-order valence-electron chi connectivity index (χ4n) is 2.67. The highest BCUT2D eigenvalue weighted by atomic mass is 32.1. The lowest BCUT2D eigenvalue weighted by Gasteiger charge is -2.05. The normalized spacial score (nSPS) is 11.3. The van der Waals surface area contributed by atoms with Crippen LogP contribution in [0.1, 0.15) is 15.4 Å². The van der Waals surface area contributed by atoms with Gasteiger partial charge in [-0.2, -0.15) is 5.10 Å². The molecular formula is C18H15FN4S. The molecule has 120 valence electrons. The molecule has 4 nitrogen and oxygen atoms in total. The highest BCUT2D eigenvalue weighted by Gasteiger charge is 2.09. The van der Waals surface area contributed by atoms with E-state index in [2.05, 4.69) is 15.1 Å². The van der Waals surface area contributed by atoms with Crippen molar-refractivity contribution in [2.45, 2.75) is 20.4 Å². The quantitative estimate of drug-likeness (QED) is 0.557. The lowest BCUT2D eigenvalue weighted by atomic mass is 10.0. The van der Waals surface area contributed by atoms with Crippen LogP contribution in [-0.4, -0.2) is 19.7 Å². The number of fused-ring (bicyclic) bond motifs is 1. The van der Waals surface area contributed by atoms with E-state index in [1.54, 1.807) is 36.7 Å². The van der Waals surface area contributed by atoms with Crippen molar-refractivity contribution in [3.8, 4) is 11.1 Å². The fraction of sp³-hybridized carbons (Fsp3) is 0.167. The van der Waals surface area contributed by atoms with E-state index in [9.17, 15) is 4.39 Å². The summed E-state index contributed by atoms with van der Waals surface area (Å²) in [4.78, 5) is 10.1. The van der Waals surface area contributed by atoms with Gasteiger partial charge < -0.3 is 0 Å². The molecule has 0 spiro atoms. The largest absolute Gasteiger partial charge is 0.256 e. The molecule has 1 aromatic carbocycles. The maximum atomic E-state index is 13.5. The zero-order chi connectivity index (χ0) is 16.7. The van der Waals surface area contributed by atoms with Crippen LogP contribution >= 0.6 is 11.3 Å². The minimum absolute atomic E-state index is 0.197. The molecule has 0 N–H and O–H groups in total. The van der Waals surface area contributed by atoms with Crippen LogP contribution < -0.4 is 0 Å². The van der Waals surface area contributed by atoms with Crippen LogP contribution in [0.15, 0.2) is 42.9 Å². The molecule has 4 aromatic rings. The number of hydrogen-bond acceptors (Lipinski definition) is 4. The van der Waals surface area contributed by atoms with Crippen molar-refractivity contribution in [3.05, 3.63) is 64.1 Å². The molecule has 0 unspecified atom stereocenters. The van der Waals surface area contributed by atoms with E-state index in [4.69, 9.17) is 0 Å². The van der Waals surface area contributed by atoms with Gasteiger partial charge in [-0.05, 0) is 43.2 Å². The first-order chi connectivity index (χ1) is 11.6. The maximum absolute atomic E-state index is 13.5. The molecule has 0 atom stereocenters. The van der Waals surface area contributed by atoms with Crippen molar-refractivity contribution in [2.75, 3.05) is 0 Å².